The van der Waals surface area contributed by atoms with E-state index >= 15 is 0 Å². The minimum absolute atomic E-state index is 0.0192. The molecule has 152 valence electrons. The maximum atomic E-state index is 12.6. The standard InChI is InChI=1S/C20H18N6O3S/c1-10-4-6-16-14(8-10)17-18(21-16)23-20(25-24-17)30-12(3)19(27)22-15-7-5-13(26(28)29)9-11(15)2/h4-9,12H,1-3H3,(H,22,27)(H,21,23,25)/t12-/m1/s1. The van der Waals surface area contributed by atoms with Crippen molar-refractivity contribution in [3.63, 3.8) is 0 Å². The normalized spacial score (nSPS) is 12.2. The molecule has 4 rings (SSSR count). The molecule has 0 fully saturated rings. The molecule has 2 aromatic carbocycles. The van der Waals surface area contributed by atoms with Crippen molar-refractivity contribution in [3.8, 4) is 0 Å². The lowest BCUT2D eigenvalue weighted by Gasteiger charge is -2.12. The summed E-state index contributed by atoms with van der Waals surface area (Å²) >= 11 is 1.19. The second-order valence-electron chi connectivity index (χ2n) is 6.97. The number of amides is 1. The Balaban J connectivity index is 1.51. The van der Waals surface area contributed by atoms with E-state index in [4.69, 9.17) is 0 Å². The van der Waals surface area contributed by atoms with E-state index in [0.29, 0.717) is 27.6 Å². The summed E-state index contributed by atoms with van der Waals surface area (Å²) in [6.45, 7) is 5.46. The first-order valence-electron chi connectivity index (χ1n) is 9.17. The van der Waals surface area contributed by atoms with Gasteiger partial charge in [0.15, 0.2) is 5.65 Å². The number of nitro groups is 1. The second kappa shape index (κ2) is 7.71. The highest BCUT2D eigenvalue weighted by Crippen LogP contribution is 2.27. The van der Waals surface area contributed by atoms with E-state index in [1.54, 1.807) is 13.8 Å². The third kappa shape index (κ3) is 3.81. The highest BCUT2D eigenvalue weighted by Gasteiger charge is 2.19. The topological polar surface area (TPSA) is 127 Å². The number of nitrogens with one attached hydrogen (secondary N) is 2. The molecule has 9 nitrogen and oxygen atoms in total. The van der Waals surface area contributed by atoms with Crippen molar-refractivity contribution in [1.29, 1.82) is 0 Å². The van der Waals surface area contributed by atoms with Crippen molar-refractivity contribution in [2.45, 2.75) is 31.2 Å². The number of carbonyl (C=O) groups excluding carboxylic acids is 1. The van der Waals surface area contributed by atoms with Gasteiger partial charge in [0.05, 0.1) is 10.2 Å². The number of hydrogen-bond acceptors (Lipinski definition) is 7. The van der Waals surface area contributed by atoms with Crippen LogP contribution in [0.2, 0.25) is 0 Å². The molecule has 0 radical (unpaired) electrons. The molecular weight excluding hydrogens is 404 g/mol. The fourth-order valence-corrected chi connectivity index (χ4v) is 3.78. The average Bonchev–Trinajstić information content (AvgIpc) is 3.06. The molecule has 2 aromatic heterocycles. The number of aromatic amines is 1. The van der Waals surface area contributed by atoms with Crippen LogP contribution in [-0.4, -0.2) is 36.2 Å². The van der Waals surface area contributed by atoms with Gasteiger partial charge in [-0.15, -0.1) is 10.2 Å². The first-order valence-corrected chi connectivity index (χ1v) is 10.0. The molecule has 4 aromatic rings. The zero-order valence-corrected chi connectivity index (χ0v) is 17.3. The summed E-state index contributed by atoms with van der Waals surface area (Å²) in [6.07, 6.45) is 0. The minimum atomic E-state index is -0.495. The van der Waals surface area contributed by atoms with E-state index in [9.17, 15) is 14.9 Å². The van der Waals surface area contributed by atoms with Crippen molar-refractivity contribution in [2.75, 3.05) is 5.32 Å². The van der Waals surface area contributed by atoms with Crippen molar-refractivity contribution in [2.24, 2.45) is 0 Å². The number of non-ortho nitro benzene ring substituents is 1. The predicted octanol–water partition coefficient (Wildman–Crippen LogP) is 4.15. The van der Waals surface area contributed by atoms with E-state index in [1.165, 1.54) is 30.0 Å². The van der Waals surface area contributed by atoms with Gasteiger partial charge >= 0.3 is 0 Å². The number of fused-ring (bicyclic) bond motifs is 3. The van der Waals surface area contributed by atoms with Crippen LogP contribution < -0.4 is 5.32 Å². The molecule has 0 saturated carbocycles. The molecule has 0 spiro atoms. The molecule has 0 aliphatic heterocycles. The number of H-pyrrole nitrogens is 1. The van der Waals surface area contributed by atoms with Crippen LogP contribution in [0.15, 0.2) is 41.6 Å². The lowest BCUT2D eigenvalue weighted by Crippen LogP contribution is -2.23. The largest absolute Gasteiger partial charge is 0.338 e. The van der Waals surface area contributed by atoms with Crippen molar-refractivity contribution in [1.82, 2.24) is 20.2 Å². The summed E-state index contributed by atoms with van der Waals surface area (Å²) in [5.41, 5.74) is 4.48. The zero-order chi connectivity index (χ0) is 21.4. The van der Waals surface area contributed by atoms with Crippen molar-refractivity contribution >= 4 is 51.1 Å². The van der Waals surface area contributed by atoms with Gasteiger partial charge < -0.3 is 10.3 Å². The van der Waals surface area contributed by atoms with Gasteiger partial charge in [0.1, 0.15) is 5.52 Å². The Bertz CT molecular complexity index is 1300. The summed E-state index contributed by atoms with van der Waals surface area (Å²) in [4.78, 5) is 30.7. The van der Waals surface area contributed by atoms with Crippen LogP contribution in [0, 0.1) is 24.0 Å². The van der Waals surface area contributed by atoms with Crippen molar-refractivity contribution in [3.05, 3.63) is 57.6 Å². The highest BCUT2D eigenvalue weighted by atomic mass is 32.2. The number of rotatable bonds is 5. The van der Waals surface area contributed by atoms with Crippen LogP contribution >= 0.6 is 11.8 Å². The van der Waals surface area contributed by atoms with Gasteiger partial charge in [-0.1, -0.05) is 23.4 Å². The van der Waals surface area contributed by atoms with E-state index in [1.807, 2.05) is 25.1 Å². The van der Waals surface area contributed by atoms with Crippen molar-refractivity contribution < 1.29 is 9.72 Å². The van der Waals surface area contributed by atoms with Gasteiger partial charge in [0.25, 0.3) is 5.69 Å². The number of aryl methyl sites for hydroxylation is 2. The predicted molar refractivity (Wildman–Crippen MR) is 116 cm³/mol. The third-order valence-electron chi connectivity index (χ3n) is 4.68. The summed E-state index contributed by atoms with van der Waals surface area (Å²) in [7, 11) is 0. The monoisotopic (exact) mass is 422 g/mol. The lowest BCUT2D eigenvalue weighted by atomic mass is 10.2. The zero-order valence-electron chi connectivity index (χ0n) is 16.5. The second-order valence-corrected chi connectivity index (χ2v) is 8.28. The third-order valence-corrected chi connectivity index (χ3v) is 5.63. The lowest BCUT2D eigenvalue weighted by molar-refractivity contribution is -0.384. The van der Waals surface area contributed by atoms with Crippen LogP contribution in [0.4, 0.5) is 11.4 Å². The van der Waals surface area contributed by atoms with Gasteiger partial charge in [-0.25, -0.2) is 4.98 Å². The maximum Gasteiger partial charge on any atom is 0.269 e. The SMILES string of the molecule is Cc1ccc2[nH]c3nc(S[C@H](C)C(=O)Nc4ccc([N+](=O)[O-])cc4C)nnc3c2c1. The molecule has 0 aliphatic rings. The number of hydrogen-bond donors (Lipinski definition) is 2. The first-order chi connectivity index (χ1) is 14.3. The number of nitro benzene ring substituents is 1. The molecule has 30 heavy (non-hydrogen) atoms. The Labute approximate surface area is 175 Å². The maximum absolute atomic E-state index is 12.6. The molecule has 10 heteroatoms. The van der Waals surface area contributed by atoms with Crippen LogP contribution in [-0.2, 0) is 4.79 Å². The molecule has 0 bridgehead atoms. The number of carbonyl (C=O) groups is 1. The first kappa shape index (κ1) is 19.8. The quantitative estimate of drug-likeness (QED) is 0.281. The van der Waals surface area contributed by atoms with Gasteiger partial charge in [-0.2, -0.15) is 0 Å². The highest BCUT2D eigenvalue weighted by molar-refractivity contribution is 8.00. The molecule has 1 amide bonds. The number of benzene rings is 2. The van der Waals surface area contributed by atoms with E-state index in [2.05, 4.69) is 25.5 Å². The molecule has 0 saturated heterocycles. The Morgan fingerprint density at radius 2 is 2.00 bits per heavy atom. The van der Waals surface area contributed by atoms with Gasteiger partial charge in [0.2, 0.25) is 11.1 Å². The fourth-order valence-electron chi connectivity index (χ4n) is 3.07. The van der Waals surface area contributed by atoms with E-state index in [-0.39, 0.29) is 11.6 Å². The summed E-state index contributed by atoms with van der Waals surface area (Å²) < 4.78 is 0. The van der Waals surface area contributed by atoms with Crippen LogP contribution in [0.1, 0.15) is 18.1 Å². The molecule has 0 aliphatic carbocycles. The Morgan fingerprint density at radius 3 is 2.73 bits per heavy atom. The molecule has 2 heterocycles. The molecule has 2 N–H and O–H groups in total. The summed E-state index contributed by atoms with van der Waals surface area (Å²) in [5, 5.41) is 23.0. The Kier molecular flexibility index (Phi) is 5.08. The molecule has 0 unspecified atom stereocenters. The van der Waals surface area contributed by atoms with E-state index < -0.39 is 10.2 Å². The summed E-state index contributed by atoms with van der Waals surface area (Å²) in [5.74, 6) is -0.257. The average molecular weight is 422 g/mol. The Hall–Kier alpha value is -3.53. The smallest absolute Gasteiger partial charge is 0.269 e. The van der Waals surface area contributed by atoms with Crippen LogP contribution in [0.25, 0.3) is 22.1 Å². The van der Waals surface area contributed by atoms with Crippen LogP contribution in [0.5, 0.6) is 0 Å². The van der Waals surface area contributed by atoms with Gasteiger partial charge in [0, 0.05) is 28.7 Å². The van der Waals surface area contributed by atoms with Gasteiger partial charge in [-0.05, 0) is 44.5 Å². The minimum Gasteiger partial charge on any atom is -0.338 e. The van der Waals surface area contributed by atoms with E-state index in [0.717, 1.165) is 16.5 Å². The number of nitrogens with zero attached hydrogens (tertiary/aromatic N) is 4. The number of anilines is 1. The number of thioether (sulfide) groups is 1. The summed E-state index contributed by atoms with van der Waals surface area (Å²) in [6, 6.07) is 10.3. The number of aromatic nitrogens is 4. The fraction of sp³-hybridized carbons (Fsp3) is 0.200. The molecular formula is C20H18N6O3S. The molecule has 1 atom stereocenters. The van der Waals surface area contributed by atoms with Gasteiger partial charge in [-0.3, -0.25) is 14.9 Å². The van der Waals surface area contributed by atoms with Crippen LogP contribution in [0.3, 0.4) is 0 Å². The Morgan fingerprint density at radius 1 is 1.20 bits per heavy atom.